The van der Waals surface area contributed by atoms with Crippen LogP contribution < -0.4 is 5.32 Å². The van der Waals surface area contributed by atoms with Crippen LogP contribution in [0.2, 0.25) is 0 Å². The number of hydrogen-bond acceptors (Lipinski definition) is 1. The van der Waals surface area contributed by atoms with Gasteiger partial charge in [0.05, 0.1) is 6.04 Å². The number of fused-ring (bicyclic) bond motifs is 2. The van der Waals surface area contributed by atoms with E-state index in [-0.39, 0.29) is 11.9 Å². The predicted molar refractivity (Wildman–Crippen MR) is 94.2 cm³/mol. The molecule has 112 valence electrons. The molecule has 0 saturated heterocycles. The number of nitrogens with one attached hydrogen (secondary N) is 1. The second-order valence-corrected chi connectivity index (χ2v) is 5.99. The maximum absolute atomic E-state index is 12.3. The molecule has 1 atom stereocenters. The van der Waals surface area contributed by atoms with E-state index in [1.54, 1.807) is 0 Å². The van der Waals surface area contributed by atoms with Crippen molar-refractivity contribution in [3.8, 4) is 0 Å². The molecule has 1 unspecified atom stereocenters. The number of benzene rings is 3. The molecule has 1 aliphatic rings. The van der Waals surface area contributed by atoms with Crippen molar-refractivity contribution in [3.63, 3.8) is 0 Å². The van der Waals surface area contributed by atoms with E-state index >= 15 is 0 Å². The largest absolute Gasteiger partial charge is 0.345 e. The number of carbonyl (C=O) groups is 1. The molecule has 0 aliphatic carbocycles. The minimum Gasteiger partial charge on any atom is -0.345 e. The molecule has 1 heterocycles. The Labute approximate surface area is 135 Å². The van der Waals surface area contributed by atoms with Gasteiger partial charge in [0.15, 0.2) is 0 Å². The molecule has 1 N–H and O–H groups in total. The Balaban J connectivity index is 1.69. The fourth-order valence-electron chi connectivity index (χ4n) is 3.26. The van der Waals surface area contributed by atoms with E-state index in [0.717, 1.165) is 39.5 Å². The summed E-state index contributed by atoms with van der Waals surface area (Å²) in [6.45, 7) is 4.20. The first-order chi connectivity index (χ1) is 11.2. The molecule has 0 saturated carbocycles. The molecule has 1 amide bonds. The lowest BCUT2D eigenvalue weighted by molar-refractivity contribution is 0.0957. The van der Waals surface area contributed by atoms with E-state index in [9.17, 15) is 4.79 Å². The summed E-state index contributed by atoms with van der Waals surface area (Å²) in [5, 5.41) is 5.36. The molecule has 23 heavy (non-hydrogen) atoms. The summed E-state index contributed by atoms with van der Waals surface area (Å²) in [4.78, 5) is 12.3. The first kappa shape index (κ1) is 13.8. The molecule has 0 spiro atoms. The molecule has 1 aliphatic heterocycles. The molecule has 0 radical (unpaired) electrons. The predicted octanol–water partition coefficient (Wildman–Crippen LogP) is 4.73. The summed E-state index contributed by atoms with van der Waals surface area (Å²) in [5.41, 5.74) is 4.02. The summed E-state index contributed by atoms with van der Waals surface area (Å²) in [6.07, 6.45) is 0.723. The lowest BCUT2D eigenvalue weighted by Crippen LogP contribution is -2.19. The lowest BCUT2D eigenvalue weighted by Gasteiger charge is -2.14. The highest BCUT2D eigenvalue weighted by atomic mass is 16.2. The molecular weight excluding hydrogens is 282 g/mol. The average molecular weight is 299 g/mol. The van der Waals surface area contributed by atoms with Crippen LogP contribution in [-0.4, -0.2) is 5.91 Å². The molecule has 2 nitrogen and oxygen atoms in total. The van der Waals surface area contributed by atoms with Gasteiger partial charge >= 0.3 is 0 Å². The van der Waals surface area contributed by atoms with Crippen molar-refractivity contribution < 1.29 is 4.79 Å². The summed E-state index contributed by atoms with van der Waals surface area (Å²) >= 11 is 0. The highest BCUT2D eigenvalue weighted by Gasteiger charge is 2.29. The van der Waals surface area contributed by atoms with E-state index < -0.39 is 0 Å². The number of amides is 1. The molecule has 3 aromatic rings. The van der Waals surface area contributed by atoms with Crippen LogP contribution in [0.25, 0.3) is 16.3 Å². The van der Waals surface area contributed by atoms with Crippen molar-refractivity contribution in [2.24, 2.45) is 0 Å². The molecule has 3 aromatic carbocycles. The van der Waals surface area contributed by atoms with Gasteiger partial charge in [0.2, 0.25) is 0 Å². The molecule has 0 fully saturated rings. The van der Waals surface area contributed by atoms with Crippen LogP contribution in [-0.2, 0) is 0 Å². The zero-order valence-electron chi connectivity index (χ0n) is 12.8. The van der Waals surface area contributed by atoms with Gasteiger partial charge in [0.1, 0.15) is 0 Å². The van der Waals surface area contributed by atoms with E-state index in [0.29, 0.717) is 0 Å². The Morgan fingerprint density at radius 2 is 1.61 bits per heavy atom. The van der Waals surface area contributed by atoms with Gasteiger partial charge < -0.3 is 5.32 Å². The summed E-state index contributed by atoms with van der Waals surface area (Å²) in [5.74, 6) is 0.0108. The third kappa shape index (κ3) is 2.42. The molecule has 4 rings (SSSR count). The molecule has 0 aromatic heterocycles. The SMILES string of the molecule is C=C(CC1NC(=O)c2cc3ccccc3cc21)c1ccccc1. The fraction of sp³-hybridized carbons (Fsp3) is 0.0952. The van der Waals surface area contributed by atoms with Crippen molar-refractivity contribution in [1.82, 2.24) is 5.32 Å². The van der Waals surface area contributed by atoms with Gasteiger partial charge in [-0.1, -0.05) is 61.2 Å². The third-order valence-electron chi connectivity index (χ3n) is 4.48. The normalized spacial score (nSPS) is 16.2. The van der Waals surface area contributed by atoms with Gasteiger partial charge in [-0.05, 0) is 46.0 Å². The number of rotatable bonds is 3. The fourth-order valence-corrected chi connectivity index (χ4v) is 3.26. The lowest BCUT2D eigenvalue weighted by atomic mass is 9.93. The van der Waals surface area contributed by atoms with Crippen LogP contribution >= 0.6 is 0 Å². The minimum atomic E-state index is -0.00480. The second-order valence-electron chi connectivity index (χ2n) is 5.99. The average Bonchev–Trinajstić information content (AvgIpc) is 2.89. The van der Waals surface area contributed by atoms with Crippen molar-refractivity contribution in [2.75, 3.05) is 0 Å². The van der Waals surface area contributed by atoms with Gasteiger partial charge in [0, 0.05) is 5.56 Å². The van der Waals surface area contributed by atoms with Gasteiger partial charge in [0.25, 0.3) is 5.91 Å². The van der Waals surface area contributed by atoms with Crippen molar-refractivity contribution in [1.29, 1.82) is 0 Å². The van der Waals surface area contributed by atoms with Gasteiger partial charge in [-0.3, -0.25) is 4.79 Å². The zero-order chi connectivity index (χ0) is 15.8. The number of carbonyl (C=O) groups excluding carboxylic acids is 1. The van der Waals surface area contributed by atoms with Crippen LogP contribution in [0.4, 0.5) is 0 Å². The topological polar surface area (TPSA) is 29.1 Å². The minimum absolute atomic E-state index is 0.00480. The zero-order valence-corrected chi connectivity index (χ0v) is 12.8. The van der Waals surface area contributed by atoms with Crippen LogP contribution in [0.15, 0.2) is 73.3 Å². The highest BCUT2D eigenvalue weighted by Crippen LogP contribution is 2.35. The second kappa shape index (κ2) is 5.40. The Bertz CT molecular complexity index is 912. The quantitative estimate of drug-likeness (QED) is 0.744. The maximum atomic E-state index is 12.3. The first-order valence-corrected chi connectivity index (χ1v) is 7.79. The van der Waals surface area contributed by atoms with E-state index in [1.165, 1.54) is 0 Å². The van der Waals surface area contributed by atoms with E-state index in [2.05, 4.69) is 36.2 Å². The van der Waals surface area contributed by atoms with Crippen LogP contribution in [0.3, 0.4) is 0 Å². The van der Waals surface area contributed by atoms with E-state index in [1.807, 2.05) is 42.5 Å². The third-order valence-corrected chi connectivity index (χ3v) is 4.48. The molecule has 2 heteroatoms. The Kier molecular flexibility index (Phi) is 3.23. The smallest absolute Gasteiger partial charge is 0.252 e. The maximum Gasteiger partial charge on any atom is 0.252 e. The molecular formula is C21H17NO. The Morgan fingerprint density at radius 1 is 0.957 bits per heavy atom. The van der Waals surface area contributed by atoms with Crippen LogP contribution in [0.1, 0.15) is 33.9 Å². The van der Waals surface area contributed by atoms with Gasteiger partial charge in [-0.2, -0.15) is 0 Å². The van der Waals surface area contributed by atoms with Gasteiger partial charge in [-0.15, -0.1) is 0 Å². The Morgan fingerprint density at radius 3 is 2.35 bits per heavy atom. The summed E-state index contributed by atoms with van der Waals surface area (Å²) in [7, 11) is 0. The van der Waals surface area contributed by atoms with Crippen LogP contribution in [0, 0.1) is 0 Å². The Hall–Kier alpha value is -2.87. The number of hydrogen-bond donors (Lipinski definition) is 1. The van der Waals surface area contributed by atoms with Gasteiger partial charge in [-0.25, -0.2) is 0 Å². The van der Waals surface area contributed by atoms with E-state index in [4.69, 9.17) is 0 Å². The van der Waals surface area contributed by atoms with Crippen molar-refractivity contribution in [2.45, 2.75) is 12.5 Å². The van der Waals surface area contributed by atoms with Crippen molar-refractivity contribution >= 4 is 22.3 Å². The van der Waals surface area contributed by atoms with Crippen LogP contribution in [0.5, 0.6) is 0 Å². The first-order valence-electron chi connectivity index (χ1n) is 7.79. The monoisotopic (exact) mass is 299 g/mol. The summed E-state index contributed by atoms with van der Waals surface area (Å²) in [6, 6.07) is 22.4. The molecule has 0 bridgehead atoms. The standard InChI is InChI=1S/C21H17NO/c1-14(15-7-3-2-4-8-15)11-20-18-12-16-9-5-6-10-17(16)13-19(18)21(23)22-20/h2-10,12-13,20H,1,11H2,(H,22,23). The summed E-state index contributed by atoms with van der Waals surface area (Å²) < 4.78 is 0. The van der Waals surface area contributed by atoms with Crippen molar-refractivity contribution in [3.05, 3.63) is 90.0 Å². The highest BCUT2D eigenvalue weighted by molar-refractivity contribution is 6.03.